The minimum atomic E-state index is -0.331. The third-order valence-electron chi connectivity index (χ3n) is 2.34. The first-order valence-corrected chi connectivity index (χ1v) is 6.81. The van der Waals surface area contributed by atoms with E-state index in [0.29, 0.717) is 13.2 Å². The Morgan fingerprint density at radius 2 is 1.94 bits per heavy atom. The van der Waals surface area contributed by atoms with Gasteiger partial charge in [0.2, 0.25) is 0 Å². The van der Waals surface area contributed by atoms with E-state index in [-0.39, 0.29) is 6.10 Å². The zero-order chi connectivity index (χ0) is 11.6. The SMILES string of the molecule is O[C@@H](CCCCBr)COCc1ccccc1. The Bertz CT molecular complexity index is 264. The number of alkyl halides is 1. The van der Waals surface area contributed by atoms with Crippen molar-refractivity contribution in [1.82, 2.24) is 0 Å². The van der Waals surface area contributed by atoms with Crippen molar-refractivity contribution in [3.05, 3.63) is 35.9 Å². The van der Waals surface area contributed by atoms with Crippen LogP contribution in [0.2, 0.25) is 0 Å². The summed E-state index contributed by atoms with van der Waals surface area (Å²) in [4.78, 5) is 0. The van der Waals surface area contributed by atoms with Gasteiger partial charge in [0.1, 0.15) is 0 Å². The lowest BCUT2D eigenvalue weighted by Crippen LogP contribution is -2.15. The first-order valence-electron chi connectivity index (χ1n) is 5.68. The molecule has 0 amide bonds. The normalized spacial score (nSPS) is 12.6. The van der Waals surface area contributed by atoms with Crippen molar-refractivity contribution < 1.29 is 9.84 Å². The lowest BCUT2D eigenvalue weighted by Gasteiger charge is -2.10. The van der Waals surface area contributed by atoms with Crippen LogP contribution in [0.25, 0.3) is 0 Å². The number of unbranched alkanes of at least 4 members (excludes halogenated alkanes) is 1. The van der Waals surface area contributed by atoms with E-state index >= 15 is 0 Å². The molecule has 0 aliphatic rings. The summed E-state index contributed by atoms with van der Waals surface area (Å²) in [6.45, 7) is 1.01. The molecule has 0 fully saturated rings. The number of aliphatic hydroxyl groups excluding tert-OH is 1. The summed E-state index contributed by atoms with van der Waals surface area (Å²) in [7, 11) is 0. The Hall–Kier alpha value is -0.380. The minimum Gasteiger partial charge on any atom is -0.391 e. The number of halogens is 1. The average Bonchev–Trinajstić information content (AvgIpc) is 2.31. The van der Waals surface area contributed by atoms with Crippen LogP contribution in [0.1, 0.15) is 24.8 Å². The predicted molar refractivity (Wildman–Crippen MR) is 69.7 cm³/mol. The Morgan fingerprint density at radius 1 is 1.19 bits per heavy atom. The molecule has 90 valence electrons. The molecule has 0 aliphatic carbocycles. The molecule has 2 nitrogen and oxygen atoms in total. The molecule has 0 saturated carbocycles. The van der Waals surface area contributed by atoms with Crippen molar-refractivity contribution in [2.24, 2.45) is 0 Å². The zero-order valence-electron chi connectivity index (χ0n) is 9.44. The zero-order valence-corrected chi connectivity index (χ0v) is 11.0. The van der Waals surface area contributed by atoms with Gasteiger partial charge in [0.25, 0.3) is 0 Å². The fourth-order valence-electron chi connectivity index (χ4n) is 1.44. The van der Waals surface area contributed by atoms with Gasteiger partial charge in [-0.2, -0.15) is 0 Å². The van der Waals surface area contributed by atoms with E-state index in [2.05, 4.69) is 15.9 Å². The third-order valence-corrected chi connectivity index (χ3v) is 2.90. The number of hydrogen-bond acceptors (Lipinski definition) is 2. The summed E-state index contributed by atoms with van der Waals surface area (Å²) >= 11 is 3.37. The Morgan fingerprint density at radius 3 is 2.62 bits per heavy atom. The number of benzene rings is 1. The van der Waals surface area contributed by atoms with Gasteiger partial charge in [0.05, 0.1) is 19.3 Å². The number of hydrogen-bond donors (Lipinski definition) is 1. The van der Waals surface area contributed by atoms with Gasteiger partial charge < -0.3 is 9.84 Å². The highest BCUT2D eigenvalue weighted by atomic mass is 79.9. The van der Waals surface area contributed by atoms with Crippen LogP contribution < -0.4 is 0 Å². The van der Waals surface area contributed by atoms with Gasteiger partial charge in [-0.25, -0.2) is 0 Å². The highest BCUT2D eigenvalue weighted by Gasteiger charge is 2.03. The maximum atomic E-state index is 9.61. The summed E-state index contributed by atoms with van der Waals surface area (Å²) in [5.74, 6) is 0. The molecule has 16 heavy (non-hydrogen) atoms. The van der Waals surface area contributed by atoms with E-state index in [9.17, 15) is 5.11 Å². The Balaban J connectivity index is 2.06. The molecule has 0 aromatic heterocycles. The lowest BCUT2D eigenvalue weighted by molar-refractivity contribution is 0.0236. The summed E-state index contributed by atoms with van der Waals surface area (Å²) in [5, 5.41) is 10.6. The molecular weight excluding hydrogens is 268 g/mol. The molecule has 0 saturated heterocycles. The fourth-order valence-corrected chi connectivity index (χ4v) is 1.84. The maximum Gasteiger partial charge on any atom is 0.0773 e. The molecule has 1 aromatic rings. The van der Waals surface area contributed by atoms with Crippen LogP contribution in [0.4, 0.5) is 0 Å². The highest BCUT2D eigenvalue weighted by molar-refractivity contribution is 9.09. The molecule has 1 atom stereocenters. The number of ether oxygens (including phenoxy) is 1. The second kappa shape index (κ2) is 8.74. The van der Waals surface area contributed by atoms with Gasteiger partial charge in [-0.1, -0.05) is 46.3 Å². The molecule has 0 bridgehead atoms. The molecule has 1 N–H and O–H groups in total. The molecule has 1 aromatic carbocycles. The summed E-state index contributed by atoms with van der Waals surface area (Å²) in [5.41, 5.74) is 1.15. The van der Waals surface area contributed by atoms with Crippen molar-refractivity contribution in [2.45, 2.75) is 32.0 Å². The van der Waals surface area contributed by atoms with E-state index in [0.717, 1.165) is 30.2 Å². The smallest absolute Gasteiger partial charge is 0.0773 e. The first-order chi connectivity index (χ1) is 7.83. The number of aliphatic hydroxyl groups is 1. The Kier molecular flexibility index (Phi) is 7.47. The van der Waals surface area contributed by atoms with E-state index in [1.807, 2.05) is 30.3 Å². The largest absolute Gasteiger partial charge is 0.391 e. The van der Waals surface area contributed by atoms with Gasteiger partial charge in [0.15, 0.2) is 0 Å². The van der Waals surface area contributed by atoms with Gasteiger partial charge in [-0.05, 0) is 24.8 Å². The molecular formula is C13H19BrO2. The topological polar surface area (TPSA) is 29.5 Å². The summed E-state index contributed by atoms with van der Waals surface area (Å²) < 4.78 is 5.45. The van der Waals surface area contributed by atoms with Crippen molar-refractivity contribution in [1.29, 1.82) is 0 Å². The first kappa shape index (κ1) is 13.7. The van der Waals surface area contributed by atoms with Crippen molar-refractivity contribution >= 4 is 15.9 Å². The van der Waals surface area contributed by atoms with Crippen LogP contribution in [-0.4, -0.2) is 23.1 Å². The molecule has 3 heteroatoms. The molecule has 0 radical (unpaired) electrons. The summed E-state index contributed by atoms with van der Waals surface area (Å²) in [6.07, 6.45) is 2.64. The minimum absolute atomic E-state index is 0.331. The maximum absolute atomic E-state index is 9.61. The van der Waals surface area contributed by atoms with Crippen LogP contribution in [0.5, 0.6) is 0 Å². The fraction of sp³-hybridized carbons (Fsp3) is 0.538. The second-order valence-electron chi connectivity index (χ2n) is 3.84. The monoisotopic (exact) mass is 286 g/mol. The standard InChI is InChI=1S/C13H19BrO2/c14-9-5-4-8-13(15)11-16-10-12-6-2-1-3-7-12/h1-3,6-7,13,15H,4-5,8-11H2/t13-/m0/s1. The van der Waals surface area contributed by atoms with Crippen molar-refractivity contribution in [2.75, 3.05) is 11.9 Å². The number of rotatable bonds is 8. The van der Waals surface area contributed by atoms with Crippen LogP contribution in [0.3, 0.4) is 0 Å². The quantitative estimate of drug-likeness (QED) is 0.588. The molecule has 0 spiro atoms. The second-order valence-corrected chi connectivity index (χ2v) is 4.63. The van der Waals surface area contributed by atoms with Gasteiger partial charge >= 0.3 is 0 Å². The lowest BCUT2D eigenvalue weighted by atomic mass is 10.2. The molecule has 0 unspecified atom stereocenters. The molecule has 0 aliphatic heterocycles. The van der Waals surface area contributed by atoms with E-state index in [1.54, 1.807) is 0 Å². The van der Waals surface area contributed by atoms with Crippen molar-refractivity contribution in [3.8, 4) is 0 Å². The van der Waals surface area contributed by atoms with Crippen LogP contribution >= 0.6 is 15.9 Å². The van der Waals surface area contributed by atoms with E-state index in [4.69, 9.17) is 4.74 Å². The van der Waals surface area contributed by atoms with Crippen LogP contribution in [0, 0.1) is 0 Å². The molecule has 1 rings (SSSR count). The predicted octanol–water partition coefficient (Wildman–Crippen LogP) is 3.13. The highest BCUT2D eigenvalue weighted by Crippen LogP contribution is 2.05. The van der Waals surface area contributed by atoms with E-state index in [1.165, 1.54) is 0 Å². The van der Waals surface area contributed by atoms with Gasteiger partial charge in [-0.3, -0.25) is 0 Å². The van der Waals surface area contributed by atoms with Gasteiger partial charge in [0, 0.05) is 5.33 Å². The van der Waals surface area contributed by atoms with Crippen LogP contribution in [0.15, 0.2) is 30.3 Å². The summed E-state index contributed by atoms with van der Waals surface area (Å²) in [6, 6.07) is 10.0. The van der Waals surface area contributed by atoms with Crippen molar-refractivity contribution in [3.63, 3.8) is 0 Å². The van der Waals surface area contributed by atoms with Gasteiger partial charge in [-0.15, -0.1) is 0 Å². The van der Waals surface area contributed by atoms with E-state index < -0.39 is 0 Å². The third kappa shape index (κ3) is 6.26. The Labute approximate surface area is 106 Å². The average molecular weight is 287 g/mol. The molecule has 0 heterocycles. The van der Waals surface area contributed by atoms with Crippen LogP contribution in [-0.2, 0) is 11.3 Å².